The molecule has 2 aromatic carbocycles. The Kier molecular flexibility index (Phi) is 70.8. The lowest BCUT2D eigenvalue weighted by Crippen LogP contribution is -2.47. The number of hydrogen-bond donors (Lipinski definition) is 14. The first-order valence-electron chi connectivity index (χ1n) is 34.7. The first-order valence-corrected chi connectivity index (χ1v) is 47.4. The molecule has 1 atom stereocenters. The van der Waals surface area contributed by atoms with E-state index in [1.807, 2.05) is 0 Å². The second kappa shape index (κ2) is 68.1. The first kappa shape index (κ1) is 129. The van der Waals surface area contributed by atoms with Crippen LogP contribution in [-0.4, -0.2) is 247 Å². The van der Waals surface area contributed by atoms with Crippen LogP contribution in [0.15, 0.2) is 153 Å². The van der Waals surface area contributed by atoms with Crippen molar-refractivity contribution in [3.63, 3.8) is 0 Å². The third-order valence-electron chi connectivity index (χ3n) is 12.1. The molecule has 0 spiro atoms. The van der Waals surface area contributed by atoms with Crippen LogP contribution in [0.25, 0.3) is 12.2 Å². The van der Waals surface area contributed by atoms with E-state index in [1.165, 1.54) is 72.7 Å². The molecule has 2 aromatic rings. The van der Waals surface area contributed by atoms with Gasteiger partial charge in [-0.2, -0.15) is 16.8 Å². The highest BCUT2D eigenvalue weighted by atomic mass is 32.2. The van der Waals surface area contributed by atoms with Crippen molar-refractivity contribution in [2.75, 3.05) is 93.2 Å². The van der Waals surface area contributed by atoms with E-state index in [0.717, 1.165) is 23.3 Å². The van der Waals surface area contributed by atoms with Gasteiger partial charge in [-0.1, -0.05) is 102 Å². The number of nitrogens with one attached hydrogen (secondary N) is 1. The molecular weight excluding hydrogens is 1820 g/mol. The summed E-state index contributed by atoms with van der Waals surface area (Å²) in [4.78, 5) is 180. The van der Waals surface area contributed by atoms with Crippen molar-refractivity contribution < 1.29 is 210 Å². The fraction of sp³-hybridized carbons (Fsp3) is 0.443. The number of phosphoric acid groups is 4. The van der Waals surface area contributed by atoms with Crippen LogP contribution in [-0.2, 0) is 151 Å². The number of unbranched alkanes of at least 4 members (excludes halogenated alkanes) is 2. The van der Waals surface area contributed by atoms with Crippen LogP contribution in [0, 0.1) is 0 Å². The monoisotopic (exact) mass is 1940 g/mol. The van der Waals surface area contributed by atoms with Gasteiger partial charge in [-0.25, -0.2) is 47.0 Å². The van der Waals surface area contributed by atoms with Gasteiger partial charge in [0.1, 0.15) is 45.7 Å². The summed E-state index contributed by atoms with van der Waals surface area (Å²) in [7, 11) is -27.9. The first-order chi connectivity index (χ1) is 56.5. The predicted molar refractivity (Wildman–Crippen MR) is 448 cm³/mol. The van der Waals surface area contributed by atoms with Crippen molar-refractivity contribution in [2.24, 2.45) is 0 Å². The summed E-state index contributed by atoms with van der Waals surface area (Å²) in [5, 5.41) is 10.5. The SMILES string of the molecule is C=C(C)C(=O)OCC(C)OP(=O)(O)O.C=C(C)C(=O)OCCC[Si](OC)(OC)OC.C=C(C)C(=O)OCCOC(=O)CCCCCOP(=O)(O)O.C=C(C)C(=O)OCCOP(=O)(O)O.C=C(C)C(=O)OCCOP(=O)(O)O.C=CC(=O)NC(C)(C)CS(=O)(=O)O.C=CC(=O)OCCC(=O)O.C=Cc1ccc(P(=O)(O)O)cc1.C=Cc1ccc(S(=O)(=O)O)cc1. The zero-order valence-electron chi connectivity index (χ0n) is 70.0. The number of phosphoric ester groups is 4. The molecule has 0 heterocycles. The maximum atomic E-state index is 11.3. The zero-order chi connectivity index (χ0) is 98.3. The average Bonchev–Trinajstić information content (AvgIpc) is 0.878. The molecule has 0 aliphatic heterocycles. The fourth-order valence-electron chi connectivity index (χ4n) is 6.51. The number of hydrogen-bond acceptors (Lipinski definition) is 32. The van der Waals surface area contributed by atoms with E-state index < -0.39 is 133 Å². The van der Waals surface area contributed by atoms with Gasteiger partial charge in [-0.15, -0.1) is 0 Å². The van der Waals surface area contributed by atoms with E-state index in [2.05, 4.69) is 102 Å². The molecule has 0 bridgehead atoms. The minimum absolute atomic E-state index is 0.0147. The van der Waals surface area contributed by atoms with Gasteiger partial charge in [-0.05, 0) is 116 Å². The van der Waals surface area contributed by atoms with Crippen LogP contribution >= 0.6 is 38.9 Å². The Bertz CT molecular complexity index is 4170. The highest BCUT2D eigenvalue weighted by molar-refractivity contribution is 7.86. The molecule has 2 rings (SSSR count). The second-order valence-electron chi connectivity index (χ2n) is 24.3. The Hall–Kier alpha value is -8.16. The van der Waals surface area contributed by atoms with Crippen molar-refractivity contribution in [3.05, 3.63) is 159 Å². The fourth-order valence-corrected chi connectivity index (χ4v) is 11.7. The lowest BCUT2D eigenvalue weighted by Gasteiger charge is -2.24. The molecule has 46 nitrogen and oxygen atoms in total. The van der Waals surface area contributed by atoms with Gasteiger partial charge in [0.15, 0.2) is 0 Å². The van der Waals surface area contributed by atoms with Crippen molar-refractivity contribution in [1.29, 1.82) is 0 Å². The smallest absolute Gasteiger partial charge is 0.481 e. The third kappa shape index (κ3) is 87.3. The average molecular weight is 1940 g/mol. The van der Waals surface area contributed by atoms with Gasteiger partial charge < -0.3 is 106 Å². The van der Waals surface area contributed by atoms with E-state index >= 15 is 0 Å². The number of amides is 1. The lowest BCUT2D eigenvalue weighted by molar-refractivity contribution is -0.150. The molecule has 0 saturated carbocycles. The van der Waals surface area contributed by atoms with Gasteiger partial charge in [0.25, 0.3) is 20.2 Å². The Morgan fingerprint density at radius 2 is 0.831 bits per heavy atom. The highest BCUT2D eigenvalue weighted by Crippen LogP contribution is 2.38. The van der Waals surface area contributed by atoms with E-state index in [9.17, 15) is 82.8 Å². The predicted octanol–water partition coefficient (Wildman–Crippen LogP) is 6.58. The van der Waals surface area contributed by atoms with Gasteiger partial charge in [-0.3, -0.25) is 46.1 Å². The Balaban J connectivity index is -0.000000250. The summed E-state index contributed by atoms with van der Waals surface area (Å²) in [6, 6.07) is 12.4. The number of carbonyl (C=O) groups is 9. The maximum Gasteiger partial charge on any atom is 0.500 e. The number of benzene rings is 2. The van der Waals surface area contributed by atoms with Crippen molar-refractivity contribution >= 4 is 139 Å². The Labute approximate surface area is 719 Å². The van der Waals surface area contributed by atoms with E-state index in [1.54, 1.807) is 64.7 Å². The molecule has 124 heavy (non-hydrogen) atoms. The van der Waals surface area contributed by atoms with Crippen LogP contribution in [0.1, 0.15) is 105 Å². The normalized spacial score (nSPS) is 11.2. The van der Waals surface area contributed by atoms with Crippen LogP contribution < -0.4 is 10.6 Å². The Morgan fingerprint density at radius 3 is 1.15 bits per heavy atom. The standard InChI is InChI=1S/C12H21O8P.C10H20O5Si.C8H9O3P.C8H8O3S.C7H13NO4S.C7H13O6P.2C6H11O6P.C6H8O4/c1-10(2)12(14)19-9-8-18-11(13)6-4-3-5-7-20-21(15,16)17;1-9(2)10(11)15-7-6-8-16(12-3,13-4)14-5;2*1-2-7-3-5-8(6-4-7)12(9,10)11;1-4-6(9)8-7(2,3)5-13(10,11)12;1-5(2)7(8)12-4-6(3)13-14(9,10)11;2*1-5(2)6(7)11-3-4-12-13(8,9)10;1-2-6(9)10-4-3-5(7)8/h1,3-9H2,2H3,(H2,15,16,17);1,6-8H2,2-5H3;2-6H,1H2,(H2,9,10,11);2-6H,1H2,(H,9,10,11);4H,1,5H2,2-3H3,(H,8,9)(H,10,11,12);6H,1,4H2,2-3H3,(H2,9,10,11);2*1,3-4H2,2H3,(H2,8,9,10);2H,1,3-4H2,(H,7,8). The Morgan fingerprint density at radius 1 is 0.468 bits per heavy atom. The third-order valence-corrected chi connectivity index (χ3v) is 20.1. The molecule has 0 aliphatic carbocycles. The number of carboxylic acids is 1. The minimum atomic E-state index is -4.52. The van der Waals surface area contributed by atoms with Gasteiger partial charge in [0.05, 0.1) is 54.3 Å². The van der Waals surface area contributed by atoms with E-state index in [0.29, 0.717) is 43.9 Å². The summed E-state index contributed by atoms with van der Waals surface area (Å²) >= 11 is 0. The van der Waals surface area contributed by atoms with Crippen molar-refractivity contribution in [1.82, 2.24) is 5.32 Å². The van der Waals surface area contributed by atoms with Crippen LogP contribution in [0.2, 0.25) is 6.04 Å². The van der Waals surface area contributed by atoms with E-state index in [-0.39, 0.29) is 111 Å². The number of carbonyl (C=O) groups excluding carboxylic acids is 8. The molecule has 0 aromatic heterocycles. The summed E-state index contributed by atoms with van der Waals surface area (Å²) in [6.07, 6.45) is 6.57. The van der Waals surface area contributed by atoms with Gasteiger partial charge >= 0.3 is 95.4 Å². The maximum absolute atomic E-state index is 11.3. The number of esters is 7. The van der Waals surface area contributed by atoms with Crippen molar-refractivity contribution in [3.8, 4) is 0 Å². The molecule has 14 N–H and O–H groups in total. The van der Waals surface area contributed by atoms with Gasteiger partial charge in [0, 0.05) is 67.7 Å². The molecular formula is C70H114NO45P5S2Si. The highest BCUT2D eigenvalue weighted by Gasteiger charge is 2.37. The minimum Gasteiger partial charge on any atom is -0.481 e. The summed E-state index contributed by atoms with van der Waals surface area (Å²) in [6.45, 7) is 40.9. The number of carboxylic acid groups (broad SMARTS) is 1. The van der Waals surface area contributed by atoms with E-state index in [4.69, 9.17) is 90.6 Å². The molecule has 0 saturated heterocycles. The molecule has 1 unspecified atom stereocenters. The topological polar surface area (TPSA) is 712 Å². The second-order valence-corrected chi connectivity index (χ2v) is 36.7. The van der Waals surface area contributed by atoms with Crippen LogP contribution in [0.3, 0.4) is 0 Å². The molecule has 0 fully saturated rings. The quantitative estimate of drug-likeness (QED) is 0.00633. The summed E-state index contributed by atoms with van der Waals surface area (Å²) < 4.78 is 176. The number of ether oxygens (including phenoxy) is 7. The molecule has 0 aliphatic rings. The summed E-state index contributed by atoms with van der Waals surface area (Å²) in [5.74, 6) is -5.77. The van der Waals surface area contributed by atoms with Crippen molar-refractivity contribution in [2.45, 2.75) is 116 Å². The largest absolute Gasteiger partial charge is 0.500 e. The lowest BCUT2D eigenvalue weighted by atomic mass is 10.1. The molecule has 1 amide bonds. The number of aliphatic carboxylic acids is 1. The summed E-state index contributed by atoms with van der Waals surface area (Å²) in [5.41, 5.74) is 1.97. The molecule has 54 heteroatoms. The number of rotatable bonds is 46. The van der Waals surface area contributed by atoms with Crippen LogP contribution in [0.4, 0.5) is 0 Å². The zero-order valence-corrected chi connectivity index (χ0v) is 77.1. The molecule has 710 valence electrons. The van der Waals surface area contributed by atoms with Crippen LogP contribution in [0.5, 0.6) is 0 Å². The molecule has 0 radical (unpaired) electrons. The van der Waals surface area contributed by atoms with Gasteiger partial charge in [0.2, 0.25) is 5.91 Å².